The van der Waals surface area contributed by atoms with Gasteiger partial charge in [-0.1, -0.05) is 17.3 Å². The first-order valence-corrected chi connectivity index (χ1v) is 6.54. The number of nitrogens with one attached hydrogen (secondary N) is 1. The molecule has 0 aliphatic carbocycles. The van der Waals surface area contributed by atoms with Gasteiger partial charge in [0.05, 0.1) is 5.52 Å². The molecule has 1 aromatic carbocycles. The fraction of sp³-hybridized carbons (Fsp3) is 0.462. The van der Waals surface area contributed by atoms with Gasteiger partial charge in [0.15, 0.2) is 0 Å². The summed E-state index contributed by atoms with van der Waals surface area (Å²) in [5, 5.41) is 11.4. The zero-order chi connectivity index (χ0) is 13.2. The molecule has 0 spiro atoms. The van der Waals surface area contributed by atoms with Crippen LogP contribution in [0.25, 0.3) is 11.0 Å². The van der Waals surface area contributed by atoms with Gasteiger partial charge >= 0.3 is 0 Å². The fourth-order valence-corrected chi connectivity index (χ4v) is 2.46. The summed E-state index contributed by atoms with van der Waals surface area (Å²) >= 11 is 0. The third-order valence-electron chi connectivity index (χ3n) is 3.53. The van der Waals surface area contributed by atoms with Crippen LogP contribution in [0.15, 0.2) is 24.3 Å². The summed E-state index contributed by atoms with van der Waals surface area (Å²) in [6.45, 7) is 4.78. The normalized spacial score (nSPS) is 19.8. The Morgan fingerprint density at radius 1 is 1.47 bits per heavy atom. The lowest BCUT2D eigenvalue weighted by molar-refractivity contribution is -0.134. The summed E-state index contributed by atoms with van der Waals surface area (Å²) in [6.07, 6.45) is 0. The summed E-state index contributed by atoms with van der Waals surface area (Å²) in [5.74, 6) is 0.102. The number of para-hydroxylation sites is 1. The monoisotopic (exact) mass is 259 g/mol. The quantitative estimate of drug-likeness (QED) is 0.840. The molecule has 19 heavy (non-hydrogen) atoms. The summed E-state index contributed by atoms with van der Waals surface area (Å²) in [5.41, 5.74) is 1.72. The lowest BCUT2D eigenvalue weighted by atomic mass is 10.2. The van der Waals surface area contributed by atoms with E-state index in [9.17, 15) is 4.79 Å². The van der Waals surface area contributed by atoms with Gasteiger partial charge in [-0.3, -0.25) is 4.79 Å². The predicted molar refractivity (Wildman–Crippen MR) is 71.6 cm³/mol. The second-order valence-corrected chi connectivity index (χ2v) is 4.88. The van der Waals surface area contributed by atoms with Crippen LogP contribution in [0.1, 0.15) is 6.92 Å². The number of benzene rings is 1. The van der Waals surface area contributed by atoms with Crippen molar-refractivity contribution in [1.29, 1.82) is 0 Å². The molecular weight excluding hydrogens is 242 g/mol. The van der Waals surface area contributed by atoms with E-state index in [4.69, 9.17) is 0 Å². The number of fused-ring (bicyclic) bond motifs is 1. The minimum absolute atomic E-state index is 0.102. The van der Waals surface area contributed by atoms with E-state index >= 15 is 0 Å². The molecule has 1 fully saturated rings. The van der Waals surface area contributed by atoms with Crippen molar-refractivity contribution >= 4 is 16.9 Å². The topological polar surface area (TPSA) is 63.1 Å². The Morgan fingerprint density at radius 2 is 2.32 bits per heavy atom. The first kappa shape index (κ1) is 12.1. The van der Waals surface area contributed by atoms with E-state index in [2.05, 4.69) is 22.6 Å². The molecule has 100 valence electrons. The Hall–Kier alpha value is -1.95. The Kier molecular flexibility index (Phi) is 3.16. The van der Waals surface area contributed by atoms with Crippen molar-refractivity contribution in [1.82, 2.24) is 25.2 Å². The maximum atomic E-state index is 12.3. The standard InChI is InChI=1S/C13H17N5O/c1-10-8-14-6-7-17(10)13(19)9-18-12-5-3-2-4-11(12)15-16-18/h2-5,10,14H,6-9H2,1H3/t10-/m0/s1. The van der Waals surface area contributed by atoms with Gasteiger partial charge in [-0.25, -0.2) is 4.68 Å². The number of carbonyl (C=O) groups excluding carboxylic acids is 1. The molecule has 0 bridgehead atoms. The number of carbonyl (C=O) groups is 1. The third kappa shape index (κ3) is 2.31. The van der Waals surface area contributed by atoms with Crippen molar-refractivity contribution in [3.63, 3.8) is 0 Å². The lowest BCUT2D eigenvalue weighted by Gasteiger charge is -2.33. The second kappa shape index (κ2) is 4.97. The van der Waals surface area contributed by atoms with E-state index in [1.807, 2.05) is 29.2 Å². The number of amides is 1. The molecule has 6 nitrogen and oxygen atoms in total. The summed E-state index contributed by atoms with van der Waals surface area (Å²) in [6, 6.07) is 7.92. The molecule has 1 aliphatic rings. The molecule has 1 N–H and O–H groups in total. The van der Waals surface area contributed by atoms with Crippen molar-refractivity contribution in [3.8, 4) is 0 Å². The van der Waals surface area contributed by atoms with E-state index in [0.717, 1.165) is 30.7 Å². The average molecular weight is 259 g/mol. The van der Waals surface area contributed by atoms with Crippen LogP contribution in [0, 0.1) is 0 Å². The molecule has 2 heterocycles. The number of piperazine rings is 1. The zero-order valence-electron chi connectivity index (χ0n) is 10.9. The van der Waals surface area contributed by atoms with Crippen LogP contribution in [-0.4, -0.2) is 51.5 Å². The fourth-order valence-electron chi connectivity index (χ4n) is 2.46. The van der Waals surface area contributed by atoms with Gasteiger partial charge in [0, 0.05) is 25.7 Å². The van der Waals surface area contributed by atoms with Crippen LogP contribution < -0.4 is 5.32 Å². The Bertz CT molecular complexity index is 593. The number of rotatable bonds is 2. The van der Waals surface area contributed by atoms with Gasteiger partial charge in [-0.15, -0.1) is 5.10 Å². The molecule has 1 saturated heterocycles. The smallest absolute Gasteiger partial charge is 0.244 e. The lowest BCUT2D eigenvalue weighted by Crippen LogP contribution is -2.53. The van der Waals surface area contributed by atoms with Gasteiger partial charge in [-0.05, 0) is 19.1 Å². The van der Waals surface area contributed by atoms with E-state index in [-0.39, 0.29) is 18.5 Å². The molecule has 1 aromatic heterocycles. The SMILES string of the molecule is C[C@H]1CNCCN1C(=O)Cn1nnc2ccccc21. The van der Waals surface area contributed by atoms with Gasteiger partial charge < -0.3 is 10.2 Å². The largest absolute Gasteiger partial charge is 0.336 e. The average Bonchev–Trinajstić information content (AvgIpc) is 2.83. The third-order valence-corrected chi connectivity index (χ3v) is 3.53. The van der Waals surface area contributed by atoms with Gasteiger partial charge in [0.1, 0.15) is 12.1 Å². The van der Waals surface area contributed by atoms with Gasteiger partial charge in [-0.2, -0.15) is 0 Å². The molecule has 1 amide bonds. The number of nitrogens with zero attached hydrogens (tertiary/aromatic N) is 4. The highest BCUT2D eigenvalue weighted by atomic mass is 16.2. The maximum Gasteiger partial charge on any atom is 0.244 e. The summed E-state index contributed by atoms with van der Waals surface area (Å²) in [4.78, 5) is 14.2. The highest BCUT2D eigenvalue weighted by molar-refractivity contribution is 5.80. The molecule has 0 unspecified atom stereocenters. The van der Waals surface area contributed by atoms with Crippen molar-refractivity contribution in [2.75, 3.05) is 19.6 Å². The molecule has 0 radical (unpaired) electrons. The van der Waals surface area contributed by atoms with E-state index in [1.165, 1.54) is 0 Å². The van der Waals surface area contributed by atoms with E-state index < -0.39 is 0 Å². The number of hydrogen-bond acceptors (Lipinski definition) is 4. The van der Waals surface area contributed by atoms with Crippen molar-refractivity contribution in [2.24, 2.45) is 0 Å². The molecular formula is C13H17N5O. The Balaban J connectivity index is 1.79. The highest BCUT2D eigenvalue weighted by Gasteiger charge is 2.23. The van der Waals surface area contributed by atoms with Crippen molar-refractivity contribution in [2.45, 2.75) is 19.5 Å². The molecule has 1 atom stereocenters. The molecule has 3 rings (SSSR count). The summed E-state index contributed by atoms with van der Waals surface area (Å²) in [7, 11) is 0. The van der Waals surface area contributed by atoms with Gasteiger partial charge in [0.2, 0.25) is 5.91 Å². The first-order chi connectivity index (χ1) is 9.25. The molecule has 2 aromatic rings. The van der Waals surface area contributed by atoms with E-state index in [1.54, 1.807) is 4.68 Å². The predicted octanol–water partition coefficient (Wildman–Crippen LogP) is 0.252. The molecule has 1 aliphatic heterocycles. The van der Waals surface area contributed by atoms with Crippen LogP contribution in [0.4, 0.5) is 0 Å². The highest BCUT2D eigenvalue weighted by Crippen LogP contribution is 2.11. The summed E-state index contributed by atoms with van der Waals surface area (Å²) < 4.78 is 1.67. The van der Waals surface area contributed by atoms with Crippen molar-refractivity contribution in [3.05, 3.63) is 24.3 Å². The number of aromatic nitrogens is 3. The Morgan fingerprint density at radius 3 is 3.16 bits per heavy atom. The second-order valence-electron chi connectivity index (χ2n) is 4.88. The van der Waals surface area contributed by atoms with Crippen molar-refractivity contribution < 1.29 is 4.79 Å². The maximum absolute atomic E-state index is 12.3. The molecule has 6 heteroatoms. The van der Waals surface area contributed by atoms with Crippen LogP contribution in [0.3, 0.4) is 0 Å². The molecule has 0 saturated carbocycles. The zero-order valence-corrected chi connectivity index (χ0v) is 10.9. The van der Waals surface area contributed by atoms with E-state index in [0.29, 0.717) is 0 Å². The van der Waals surface area contributed by atoms with Crippen LogP contribution in [-0.2, 0) is 11.3 Å². The Labute approximate surface area is 111 Å². The van der Waals surface area contributed by atoms with Crippen LogP contribution in [0.5, 0.6) is 0 Å². The van der Waals surface area contributed by atoms with Crippen LogP contribution in [0.2, 0.25) is 0 Å². The first-order valence-electron chi connectivity index (χ1n) is 6.54. The van der Waals surface area contributed by atoms with Gasteiger partial charge in [0.25, 0.3) is 0 Å². The minimum Gasteiger partial charge on any atom is -0.336 e. The van der Waals surface area contributed by atoms with Crippen LogP contribution >= 0.6 is 0 Å². The minimum atomic E-state index is 0.102. The number of hydrogen-bond donors (Lipinski definition) is 1.